The van der Waals surface area contributed by atoms with E-state index >= 15 is 0 Å². The molecular weight excluding hydrogens is 813 g/mol. The number of anilines is 2. The third kappa shape index (κ3) is 12.5. The van der Waals surface area contributed by atoms with Crippen LogP contribution in [0, 0.1) is 5.82 Å². The zero-order valence-electron chi connectivity index (χ0n) is 30.9. The fraction of sp³-hybridized carbons (Fsp3) is 0.116. The van der Waals surface area contributed by atoms with Crippen molar-refractivity contribution in [2.75, 3.05) is 9.44 Å². The lowest BCUT2D eigenvalue weighted by atomic mass is 10.0. The molecule has 6 aromatic rings. The molecule has 0 unspecified atom stereocenters. The Bertz CT molecular complexity index is 2600. The summed E-state index contributed by atoms with van der Waals surface area (Å²) in [5.74, 6) is -2.45. The zero-order chi connectivity index (χ0) is 42.8. The number of halogens is 4. The van der Waals surface area contributed by atoms with Gasteiger partial charge in [-0.1, -0.05) is 60.7 Å². The summed E-state index contributed by atoms with van der Waals surface area (Å²) in [5, 5.41) is 17.8. The topological polar surface area (TPSA) is 167 Å². The fourth-order valence-corrected chi connectivity index (χ4v) is 8.00. The number of hydrogen-bond donors (Lipinski definition) is 4. The van der Waals surface area contributed by atoms with Gasteiger partial charge in [0, 0.05) is 11.4 Å². The Labute approximate surface area is 337 Å². The van der Waals surface area contributed by atoms with Crippen LogP contribution in [0.1, 0.15) is 48.5 Å². The van der Waals surface area contributed by atoms with Crippen molar-refractivity contribution >= 4 is 43.4 Å². The monoisotopic (exact) mass is 848 g/mol. The van der Waals surface area contributed by atoms with Crippen LogP contribution in [0.15, 0.2) is 155 Å². The van der Waals surface area contributed by atoms with Gasteiger partial charge in [0.2, 0.25) is 0 Å². The second-order valence-electron chi connectivity index (χ2n) is 13.1. The molecular formula is C43H36F4N2O8S2. The Morgan fingerprint density at radius 1 is 0.492 bits per heavy atom. The van der Waals surface area contributed by atoms with Crippen LogP contribution in [0.5, 0.6) is 0 Å². The second kappa shape index (κ2) is 18.8. The van der Waals surface area contributed by atoms with Gasteiger partial charge in [-0.15, -0.1) is 0 Å². The standard InChI is InChI=1S/C22H18F3NO4S.C21H18FNO4S/c23-22(24,25)19-3-1-2-4-20(19)31(29,30)26-18-13-9-16(10-14-18)6-5-15-7-11-17(12-8-15)21(27)28;22-18-9-13-20(14-10-18)28(26,27)23-19-11-5-16(6-12-19)2-1-15-3-7-17(8-4-15)21(24)25/h1-4,7-14,26H,5-6H2,(H,27,28);3-14,23H,1-2H2,(H,24,25). The van der Waals surface area contributed by atoms with Crippen molar-refractivity contribution in [3.63, 3.8) is 0 Å². The molecule has 6 aromatic carbocycles. The first kappa shape index (κ1) is 43.6. The summed E-state index contributed by atoms with van der Waals surface area (Å²) in [6, 6.07) is 35.2. The van der Waals surface area contributed by atoms with Gasteiger partial charge in [0.05, 0.1) is 26.5 Å². The van der Waals surface area contributed by atoms with Crippen molar-refractivity contribution in [2.45, 2.75) is 41.7 Å². The molecule has 0 saturated carbocycles. The van der Waals surface area contributed by atoms with E-state index in [4.69, 9.17) is 10.2 Å². The van der Waals surface area contributed by atoms with E-state index in [2.05, 4.69) is 9.44 Å². The smallest absolute Gasteiger partial charge is 0.417 e. The van der Waals surface area contributed by atoms with Crippen LogP contribution in [0.25, 0.3) is 0 Å². The fourth-order valence-electron chi connectivity index (χ4n) is 5.66. The number of hydrogen-bond acceptors (Lipinski definition) is 6. The Balaban J connectivity index is 0.000000225. The number of carboxylic acids is 2. The molecule has 0 saturated heterocycles. The molecule has 0 radical (unpaired) electrons. The lowest BCUT2D eigenvalue weighted by Gasteiger charge is -2.14. The van der Waals surface area contributed by atoms with Crippen molar-refractivity contribution in [3.8, 4) is 0 Å². The molecule has 10 nitrogen and oxygen atoms in total. The molecule has 59 heavy (non-hydrogen) atoms. The molecule has 0 aliphatic heterocycles. The van der Waals surface area contributed by atoms with Gasteiger partial charge in [0.1, 0.15) is 5.82 Å². The second-order valence-corrected chi connectivity index (χ2v) is 16.4. The van der Waals surface area contributed by atoms with E-state index in [1.165, 1.54) is 42.5 Å². The number of alkyl halides is 3. The third-order valence-electron chi connectivity index (χ3n) is 8.82. The Morgan fingerprint density at radius 3 is 1.22 bits per heavy atom. The van der Waals surface area contributed by atoms with E-state index in [1.807, 2.05) is 12.1 Å². The van der Waals surface area contributed by atoms with Crippen LogP contribution in [0.3, 0.4) is 0 Å². The number of aryl methyl sites for hydroxylation is 4. The Morgan fingerprint density at radius 2 is 0.847 bits per heavy atom. The number of benzene rings is 6. The average Bonchev–Trinajstić information content (AvgIpc) is 3.20. The van der Waals surface area contributed by atoms with Crippen molar-refractivity contribution in [1.29, 1.82) is 0 Å². The highest BCUT2D eigenvalue weighted by Crippen LogP contribution is 2.34. The van der Waals surface area contributed by atoms with Crippen molar-refractivity contribution in [1.82, 2.24) is 0 Å². The maximum absolute atomic E-state index is 13.1. The predicted molar refractivity (Wildman–Crippen MR) is 214 cm³/mol. The molecule has 0 aromatic heterocycles. The Kier molecular flexibility index (Phi) is 13.9. The van der Waals surface area contributed by atoms with Crippen LogP contribution in [-0.2, 0) is 51.9 Å². The van der Waals surface area contributed by atoms with Crippen LogP contribution in [0.2, 0.25) is 0 Å². The lowest BCUT2D eigenvalue weighted by molar-refractivity contribution is -0.139. The normalized spacial score (nSPS) is 11.5. The molecule has 0 spiro atoms. The molecule has 306 valence electrons. The first-order valence-electron chi connectivity index (χ1n) is 17.7. The van der Waals surface area contributed by atoms with Gasteiger partial charge < -0.3 is 10.2 Å². The van der Waals surface area contributed by atoms with Gasteiger partial charge in [-0.25, -0.2) is 30.8 Å². The molecule has 4 N–H and O–H groups in total. The molecule has 0 bridgehead atoms. The summed E-state index contributed by atoms with van der Waals surface area (Å²) < 4.78 is 107. The highest BCUT2D eigenvalue weighted by molar-refractivity contribution is 7.93. The van der Waals surface area contributed by atoms with E-state index in [-0.39, 0.29) is 21.7 Å². The van der Waals surface area contributed by atoms with Gasteiger partial charge in [-0.05, 0) is 133 Å². The van der Waals surface area contributed by atoms with Crippen molar-refractivity contribution in [2.24, 2.45) is 0 Å². The van der Waals surface area contributed by atoms with Crippen molar-refractivity contribution in [3.05, 3.63) is 190 Å². The number of nitrogens with one attached hydrogen (secondary N) is 2. The zero-order valence-corrected chi connectivity index (χ0v) is 32.5. The van der Waals surface area contributed by atoms with Gasteiger partial charge in [0.15, 0.2) is 0 Å². The van der Waals surface area contributed by atoms with Crippen LogP contribution in [0.4, 0.5) is 28.9 Å². The Hall–Kier alpha value is -6.52. The molecule has 0 fully saturated rings. The van der Waals surface area contributed by atoms with Gasteiger partial charge in [0.25, 0.3) is 20.0 Å². The first-order valence-corrected chi connectivity index (χ1v) is 20.7. The number of sulfonamides is 2. The number of carboxylic acid groups (broad SMARTS) is 2. The van der Waals surface area contributed by atoms with E-state index in [0.29, 0.717) is 18.5 Å². The molecule has 0 atom stereocenters. The summed E-state index contributed by atoms with van der Waals surface area (Å²) in [6.07, 6.45) is -2.06. The molecule has 6 rings (SSSR count). The molecule has 0 heterocycles. The lowest BCUT2D eigenvalue weighted by Crippen LogP contribution is -2.18. The average molecular weight is 849 g/mol. The summed E-state index contributed by atoms with van der Waals surface area (Å²) in [6.45, 7) is 0. The SMILES string of the molecule is O=C(O)c1ccc(CCc2ccc(NS(=O)(=O)c3ccc(F)cc3)cc2)cc1.O=C(O)c1ccc(CCc2ccc(NS(=O)(=O)c3ccccc3C(F)(F)F)cc2)cc1. The summed E-state index contributed by atoms with van der Waals surface area (Å²) in [5.41, 5.74) is 3.66. The minimum atomic E-state index is -4.79. The highest BCUT2D eigenvalue weighted by atomic mass is 32.2. The number of aromatic carboxylic acids is 2. The molecule has 16 heteroatoms. The third-order valence-corrected chi connectivity index (χ3v) is 11.7. The summed E-state index contributed by atoms with van der Waals surface area (Å²) in [7, 11) is -8.20. The maximum Gasteiger partial charge on any atom is 0.417 e. The molecule has 0 aliphatic rings. The largest absolute Gasteiger partial charge is 0.478 e. The minimum Gasteiger partial charge on any atom is -0.478 e. The van der Waals surface area contributed by atoms with E-state index < -0.39 is 54.4 Å². The summed E-state index contributed by atoms with van der Waals surface area (Å²) >= 11 is 0. The van der Waals surface area contributed by atoms with E-state index in [9.17, 15) is 44.0 Å². The maximum atomic E-state index is 13.1. The number of carbonyl (C=O) groups is 2. The van der Waals surface area contributed by atoms with Gasteiger partial charge >= 0.3 is 18.1 Å². The first-order chi connectivity index (χ1) is 27.9. The van der Waals surface area contributed by atoms with E-state index in [0.717, 1.165) is 65.4 Å². The van der Waals surface area contributed by atoms with Crippen LogP contribution >= 0.6 is 0 Å². The minimum absolute atomic E-state index is 0.0113. The number of rotatable bonds is 14. The quantitative estimate of drug-likeness (QED) is 0.0788. The highest BCUT2D eigenvalue weighted by Gasteiger charge is 2.37. The van der Waals surface area contributed by atoms with E-state index in [1.54, 1.807) is 60.7 Å². The summed E-state index contributed by atoms with van der Waals surface area (Å²) in [4.78, 5) is 20.9. The van der Waals surface area contributed by atoms with Gasteiger partial charge in [-0.3, -0.25) is 9.44 Å². The molecule has 0 aliphatic carbocycles. The van der Waals surface area contributed by atoms with Crippen LogP contribution in [-0.4, -0.2) is 39.0 Å². The van der Waals surface area contributed by atoms with Crippen LogP contribution < -0.4 is 9.44 Å². The molecule has 0 amide bonds. The predicted octanol–water partition coefficient (Wildman–Crippen LogP) is 9.10. The van der Waals surface area contributed by atoms with Gasteiger partial charge in [-0.2, -0.15) is 13.2 Å². The van der Waals surface area contributed by atoms with Crippen molar-refractivity contribution < 1.29 is 54.2 Å².